The SMILES string of the molecule is Cc1ccc(N2CCNCC2)c(=O)[nH]1. The van der Waals surface area contributed by atoms with Crippen LogP contribution in [0.3, 0.4) is 0 Å². The minimum atomic E-state index is 0.0203. The van der Waals surface area contributed by atoms with Crippen LogP contribution >= 0.6 is 0 Å². The van der Waals surface area contributed by atoms with Gasteiger partial charge in [-0.1, -0.05) is 0 Å². The molecule has 1 aliphatic rings. The van der Waals surface area contributed by atoms with Crippen molar-refractivity contribution >= 4 is 5.69 Å². The van der Waals surface area contributed by atoms with Crippen LogP contribution in [-0.2, 0) is 0 Å². The van der Waals surface area contributed by atoms with Crippen LogP contribution < -0.4 is 15.8 Å². The summed E-state index contributed by atoms with van der Waals surface area (Å²) in [7, 11) is 0. The van der Waals surface area contributed by atoms with E-state index in [-0.39, 0.29) is 5.56 Å². The Labute approximate surface area is 82.9 Å². The fourth-order valence-corrected chi connectivity index (χ4v) is 1.72. The van der Waals surface area contributed by atoms with E-state index in [1.165, 1.54) is 0 Å². The lowest BCUT2D eigenvalue weighted by Gasteiger charge is -2.28. The van der Waals surface area contributed by atoms with Gasteiger partial charge in [-0.3, -0.25) is 4.79 Å². The molecule has 0 aromatic carbocycles. The summed E-state index contributed by atoms with van der Waals surface area (Å²) in [5.41, 5.74) is 1.72. The molecule has 1 saturated heterocycles. The second-order valence-corrected chi connectivity index (χ2v) is 3.59. The number of anilines is 1. The van der Waals surface area contributed by atoms with Gasteiger partial charge in [-0.05, 0) is 19.1 Å². The predicted molar refractivity (Wildman–Crippen MR) is 56.9 cm³/mol. The summed E-state index contributed by atoms with van der Waals surface area (Å²) in [4.78, 5) is 16.6. The van der Waals surface area contributed by atoms with Crippen LogP contribution in [0.2, 0.25) is 0 Å². The highest BCUT2D eigenvalue weighted by Gasteiger charge is 2.12. The molecule has 0 saturated carbocycles. The first-order valence-electron chi connectivity index (χ1n) is 4.93. The van der Waals surface area contributed by atoms with Crippen LogP contribution in [0, 0.1) is 6.92 Å². The third-order valence-electron chi connectivity index (χ3n) is 2.49. The van der Waals surface area contributed by atoms with Gasteiger partial charge in [-0.15, -0.1) is 0 Å². The topological polar surface area (TPSA) is 48.1 Å². The van der Waals surface area contributed by atoms with Crippen molar-refractivity contribution in [3.8, 4) is 0 Å². The van der Waals surface area contributed by atoms with Gasteiger partial charge >= 0.3 is 0 Å². The van der Waals surface area contributed by atoms with Gasteiger partial charge in [-0.2, -0.15) is 0 Å². The second-order valence-electron chi connectivity index (χ2n) is 3.59. The normalized spacial score (nSPS) is 17.1. The highest BCUT2D eigenvalue weighted by atomic mass is 16.1. The van der Waals surface area contributed by atoms with Crippen molar-refractivity contribution in [1.82, 2.24) is 10.3 Å². The zero-order valence-electron chi connectivity index (χ0n) is 8.34. The first kappa shape index (κ1) is 9.27. The molecule has 0 unspecified atom stereocenters. The van der Waals surface area contributed by atoms with Crippen molar-refractivity contribution in [2.24, 2.45) is 0 Å². The Balaban J connectivity index is 2.26. The van der Waals surface area contributed by atoms with Gasteiger partial charge in [0.05, 0.1) is 0 Å². The van der Waals surface area contributed by atoms with Crippen molar-refractivity contribution in [2.75, 3.05) is 31.1 Å². The van der Waals surface area contributed by atoms with Crippen molar-refractivity contribution in [2.45, 2.75) is 6.92 Å². The molecule has 0 atom stereocenters. The third kappa shape index (κ3) is 1.80. The zero-order chi connectivity index (χ0) is 9.97. The van der Waals surface area contributed by atoms with E-state index in [4.69, 9.17) is 0 Å². The lowest BCUT2D eigenvalue weighted by molar-refractivity contribution is 0.587. The molecule has 4 nitrogen and oxygen atoms in total. The number of hydrogen-bond donors (Lipinski definition) is 2. The molecule has 0 spiro atoms. The van der Waals surface area contributed by atoms with E-state index < -0.39 is 0 Å². The summed E-state index contributed by atoms with van der Waals surface area (Å²) >= 11 is 0. The van der Waals surface area contributed by atoms with Crippen LogP contribution in [0.4, 0.5) is 5.69 Å². The molecule has 0 radical (unpaired) electrons. The van der Waals surface area contributed by atoms with E-state index in [0.717, 1.165) is 37.6 Å². The molecular weight excluding hydrogens is 178 g/mol. The van der Waals surface area contributed by atoms with E-state index in [2.05, 4.69) is 15.2 Å². The van der Waals surface area contributed by atoms with Gasteiger partial charge in [-0.25, -0.2) is 0 Å². The fraction of sp³-hybridized carbons (Fsp3) is 0.500. The number of aromatic nitrogens is 1. The first-order chi connectivity index (χ1) is 6.77. The number of aromatic amines is 1. The maximum atomic E-state index is 11.6. The van der Waals surface area contributed by atoms with Crippen LogP contribution in [0.15, 0.2) is 16.9 Å². The fourth-order valence-electron chi connectivity index (χ4n) is 1.72. The molecule has 2 rings (SSSR count). The van der Waals surface area contributed by atoms with E-state index in [9.17, 15) is 4.79 Å². The Hall–Kier alpha value is -1.29. The summed E-state index contributed by atoms with van der Waals surface area (Å²) < 4.78 is 0. The summed E-state index contributed by atoms with van der Waals surface area (Å²) in [5.74, 6) is 0. The van der Waals surface area contributed by atoms with Crippen LogP contribution in [-0.4, -0.2) is 31.2 Å². The Morgan fingerprint density at radius 1 is 1.29 bits per heavy atom. The molecule has 2 N–H and O–H groups in total. The summed E-state index contributed by atoms with van der Waals surface area (Å²) in [6.07, 6.45) is 0. The van der Waals surface area contributed by atoms with E-state index in [1.54, 1.807) is 0 Å². The Morgan fingerprint density at radius 2 is 2.00 bits per heavy atom. The number of piperazine rings is 1. The molecule has 1 aromatic rings. The smallest absolute Gasteiger partial charge is 0.271 e. The second kappa shape index (κ2) is 3.84. The van der Waals surface area contributed by atoms with Gasteiger partial charge in [0.25, 0.3) is 5.56 Å². The molecule has 4 heteroatoms. The third-order valence-corrected chi connectivity index (χ3v) is 2.49. The molecule has 1 fully saturated rings. The molecule has 0 aliphatic carbocycles. The Kier molecular flexibility index (Phi) is 2.54. The molecule has 76 valence electrons. The van der Waals surface area contributed by atoms with Gasteiger partial charge in [0.2, 0.25) is 0 Å². The van der Waals surface area contributed by atoms with E-state index in [0.29, 0.717) is 0 Å². The zero-order valence-corrected chi connectivity index (χ0v) is 8.34. The van der Waals surface area contributed by atoms with Crippen LogP contribution in [0.25, 0.3) is 0 Å². The Morgan fingerprint density at radius 3 is 2.64 bits per heavy atom. The standard InChI is InChI=1S/C10H15N3O/c1-8-2-3-9(10(14)12-8)13-6-4-11-5-7-13/h2-3,11H,4-7H2,1H3,(H,12,14). The summed E-state index contributed by atoms with van der Waals surface area (Å²) in [6, 6.07) is 3.85. The lowest BCUT2D eigenvalue weighted by atomic mass is 10.3. The van der Waals surface area contributed by atoms with Crippen LogP contribution in [0.1, 0.15) is 5.69 Å². The monoisotopic (exact) mass is 193 g/mol. The number of rotatable bonds is 1. The number of pyridine rings is 1. The maximum Gasteiger partial charge on any atom is 0.271 e. The maximum absolute atomic E-state index is 11.6. The number of nitrogens with zero attached hydrogens (tertiary/aromatic N) is 1. The van der Waals surface area contributed by atoms with Crippen molar-refractivity contribution < 1.29 is 0 Å². The van der Waals surface area contributed by atoms with Crippen LogP contribution in [0.5, 0.6) is 0 Å². The number of aryl methyl sites for hydroxylation is 1. The summed E-state index contributed by atoms with van der Waals surface area (Å²) in [5, 5.41) is 3.26. The highest BCUT2D eigenvalue weighted by Crippen LogP contribution is 2.08. The van der Waals surface area contributed by atoms with Crippen molar-refractivity contribution in [3.63, 3.8) is 0 Å². The lowest BCUT2D eigenvalue weighted by Crippen LogP contribution is -2.45. The van der Waals surface area contributed by atoms with Gasteiger partial charge in [0.15, 0.2) is 0 Å². The molecule has 0 amide bonds. The largest absolute Gasteiger partial charge is 0.365 e. The summed E-state index contributed by atoms with van der Waals surface area (Å²) in [6.45, 7) is 5.61. The van der Waals surface area contributed by atoms with E-state index in [1.807, 2.05) is 19.1 Å². The molecule has 14 heavy (non-hydrogen) atoms. The minimum absolute atomic E-state index is 0.0203. The van der Waals surface area contributed by atoms with Crippen molar-refractivity contribution in [3.05, 3.63) is 28.2 Å². The number of H-pyrrole nitrogens is 1. The quantitative estimate of drug-likeness (QED) is 0.664. The van der Waals surface area contributed by atoms with Gasteiger partial charge in [0, 0.05) is 31.9 Å². The number of hydrogen-bond acceptors (Lipinski definition) is 3. The number of nitrogens with one attached hydrogen (secondary N) is 2. The molecule has 0 bridgehead atoms. The average Bonchev–Trinajstić information content (AvgIpc) is 2.19. The van der Waals surface area contributed by atoms with Gasteiger partial charge < -0.3 is 15.2 Å². The van der Waals surface area contributed by atoms with E-state index >= 15 is 0 Å². The minimum Gasteiger partial charge on any atom is -0.365 e. The first-order valence-corrected chi connectivity index (χ1v) is 4.93. The molecular formula is C10H15N3O. The molecule has 1 aromatic heterocycles. The highest BCUT2D eigenvalue weighted by molar-refractivity contribution is 5.44. The van der Waals surface area contributed by atoms with Gasteiger partial charge in [0.1, 0.15) is 5.69 Å². The predicted octanol–water partition coefficient (Wildman–Crippen LogP) is 0.0929. The molecule has 1 aliphatic heterocycles. The Bertz CT molecular complexity index is 366. The van der Waals surface area contributed by atoms with Crippen molar-refractivity contribution in [1.29, 1.82) is 0 Å². The average molecular weight is 193 g/mol. The molecule has 2 heterocycles.